The number of carboxylic acids is 1. The van der Waals surface area contributed by atoms with E-state index in [1.54, 1.807) is 31.3 Å². The second-order valence-electron chi connectivity index (χ2n) is 9.02. The predicted molar refractivity (Wildman–Crippen MR) is 118 cm³/mol. The SMILES string of the molecule is C/C(=C\[C@H](C(C)C)N(C)C(=O)[C@@H](NC(=O)c1cccc(CN)c1)C(C)(C)C)C(=O)O. The van der Waals surface area contributed by atoms with E-state index in [1.165, 1.54) is 11.8 Å². The molecule has 2 amide bonds. The molecule has 0 aliphatic heterocycles. The van der Waals surface area contributed by atoms with Crippen molar-refractivity contribution in [2.45, 2.75) is 60.2 Å². The van der Waals surface area contributed by atoms with E-state index in [0.717, 1.165) is 5.56 Å². The fourth-order valence-corrected chi connectivity index (χ4v) is 3.13. The van der Waals surface area contributed by atoms with Gasteiger partial charge in [-0.3, -0.25) is 9.59 Å². The molecule has 0 aliphatic carbocycles. The molecule has 1 aromatic carbocycles. The summed E-state index contributed by atoms with van der Waals surface area (Å²) in [5, 5.41) is 12.1. The lowest BCUT2D eigenvalue weighted by Gasteiger charge is -2.37. The van der Waals surface area contributed by atoms with E-state index in [4.69, 9.17) is 5.73 Å². The third kappa shape index (κ3) is 6.69. The first-order valence-corrected chi connectivity index (χ1v) is 10.1. The van der Waals surface area contributed by atoms with Crippen molar-refractivity contribution in [3.8, 4) is 0 Å². The number of likely N-dealkylation sites (N-methyl/N-ethyl adjacent to an activating group) is 1. The smallest absolute Gasteiger partial charge is 0.331 e. The van der Waals surface area contributed by atoms with Crippen molar-refractivity contribution < 1.29 is 19.5 Å². The van der Waals surface area contributed by atoms with Gasteiger partial charge in [0.15, 0.2) is 0 Å². The van der Waals surface area contributed by atoms with Crippen molar-refractivity contribution in [3.63, 3.8) is 0 Å². The Kier molecular flexibility index (Phi) is 8.78. The third-order valence-electron chi connectivity index (χ3n) is 5.05. The van der Waals surface area contributed by atoms with Gasteiger partial charge >= 0.3 is 5.97 Å². The molecule has 166 valence electrons. The van der Waals surface area contributed by atoms with Crippen LogP contribution in [0.25, 0.3) is 0 Å². The van der Waals surface area contributed by atoms with Crippen molar-refractivity contribution >= 4 is 17.8 Å². The Morgan fingerprint density at radius 1 is 1.23 bits per heavy atom. The zero-order valence-electron chi connectivity index (χ0n) is 19.0. The van der Waals surface area contributed by atoms with E-state index >= 15 is 0 Å². The summed E-state index contributed by atoms with van der Waals surface area (Å²) in [6.45, 7) is 11.3. The number of carbonyl (C=O) groups is 3. The lowest BCUT2D eigenvalue weighted by molar-refractivity contribution is -0.137. The van der Waals surface area contributed by atoms with Gasteiger partial charge in [0, 0.05) is 24.7 Å². The minimum Gasteiger partial charge on any atom is -0.478 e. The van der Waals surface area contributed by atoms with Gasteiger partial charge in [0.05, 0.1) is 6.04 Å². The van der Waals surface area contributed by atoms with Crippen molar-refractivity contribution in [2.24, 2.45) is 17.1 Å². The molecule has 0 saturated carbocycles. The molecule has 0 fully saturated rings. The molecule has 7 nitrogen and oxygen atoms in total. The van der Waals surface area contributed by atoms with E-state index in [1.807, 2.05) is 40.7 Å². The van der Waals surface area contributed by atoms with Gasteiger partial charge in [-0.2, -0.15) is 0 Å². The topological polar surface area (TPSA) is 113 Å². The molecule has 4 N–H and O–H groups in total. The predicted octanol–water partition coefficient (Wildman–Crippen LogP) is 2.80. The van der Waals surface area contributed by atoms with Crippen molar-refractivity contribution in [3.05, 3.63) is 47.0 Å². The van der Waals surface area contributed by atoms with Crippen LogP contribution in [0, 0.1) is 11.3 Å². The summed E-state index contributed by atoms with van der Waals surface area (Å²) >= 11 is 0. The molecule has 0 aliphatic rings. The number of nitrogens with zero attached hydrogens (tertiary/aromatic N) is 1. The van der Waals surface area contributed by atoms with E-state index in [2.05, 4.69) is 5.32 Å². The molecule has 1 rings (SSSR count). The zero-order valence-corrected chi connectivity index (χ0v) is 19.0. The van der Waals surface area contributed by atoms with E-state index in [-0.39, 0.29) is 23.3 Å². The monoisotopic (exact) mass is 417 g/mol. The molecule has 0 saturated heterocycles. The Labute approximate surface area is 179 Å². The number of hydrogen-bond acceptors (Lipinski definition) is 4. The number of rotatable bonds is 8. The van der Waals surface area contributed by atoms with Gasteiger partial charge in [0.2, 0.25) is 5.91 Å². The standard InChI is InChI=1S/C23H35N3O4/c1-14(2)18(11-15(3)22(29)30)26(7)21(28)19(23(4,5)6)25-20(27)17-10-8-9-16(12-17)13-24/h8-12,14,18-19H,13,24H2,1-7H3,(H,25,27)(H,29,30)/b15-11+/t18-,19-/m1/s1. The number of hydrogen-bond donors (Lipinski definition) is 3. The van der Waals surface area contributed by atoms with Crippen LogP contribution in [-0.4, -0.2) is 46.9 Å². The zero-order chi connectivity index (χ0) is 23.2. The quantitative estimate of drug-likeness (QED) is 0.563. The second kappa shape index (κ2) is 10.4. The maximum Gasteiger partial charge on any atom is 0.331 e. The third-order valence-corrected chi connectivity index (χ3v) is 5.05. The molecular weight excluding hydrogens is 382 g/mol. The molecule has 0 aromatic heterocycles. The van der Waals surface area contributed by atoms with Crippen LogP contribution in [-0.2, 0) is 16.1 Å². The van der Waals surface area contributed by atoms with Gasteiger partial charge in [-0.15, -0.1) is 0 Å². The molecular formula is C23H35N3O4. The van der Waals surface area contributed by atoms with E-state index in [9.17, 15) is 19.5 Å². The first-order valence-electron chi connectivity index (χ1n) is 10.1. The minimum absolute atomic E-state index is 0.00851. The van der Waals surface area contributed by atoms with Crippen LogP contribution in [0.1, 0.15) is 57.5 Å². The highest BCUT2D eigenvalue weighted by molar-refractivity contribution is 5.98. The molecule has 30 heavy (non-hydrogen) atoms. The van der Waals surface area contributed by atoms with Crippen LogP contribution >= 0.6 is 0 Å². The summed E-state index contributed by atoms with van der Waals surface area (Å²) in [7, 11) is 1.64. The number of amides is 2. The summed E-state index contributed by atoms with van der Waals surface area (Å²) in [4.78, 5) is 39.0. The van der Waals surface area contributed by atoms with Crippen LogP contribution in [0.5, 0.6) is 0 Å². The number of benzene rings is 1. The van der Waals surface area contributed by atoms with Crippen LogP contribution in [0.2, 0.25) is 0 Å². The second-order valence-corrected chi connectivity index (χ2v) is 9.02. The summed E-state index contributed by atoms with van der Waals surface area (Å²) in [6.07, 6.45) is 1.58. The van der Waals surface area contributed by atoms with Gasteiger partial charge in [-0.05, 0) is 36.0 Å². The first kappa shape index (κ1) is 25.4. The van der Waals surface area contributed by atoms with Crippen LogP contribution in [0.4, 0.5) is 0 Å². The van der Waals surface area contributed by atoms with Gasteiger partial charge in [-0.1, -0.05) is 52.8 Å². The maximum atomic E-state index is 13.4. The van der Waals surface area contributed by atoms with Crippen LogP contribution in [0.15, 0.2) is 35.9 Å². The highest BCUT2D eigenvalue weighted by atomic mass is 16.4. The highest BCUT2D eigenvalue weighted by Gasteiger charge is 2.37. The van der Waals surface area contributed by atoms with Gasteiger partial charge in [-0.25, -0.2) is 4.79 Å². The van der Waals surface area contributed by atoms with Crippen molar-refractivity contribution in [1.29, 1.82) is 0 Å². The Morgan fingerprint density at radius 2 is 1.83 bits per heavy atom. The Morgan fingerprint density at radius 3 is 2.30 bits per heavy atom. The summed E-state index contributed by atoms with van der Waals surface area (Å²) in [6, 6.07) is 5.76. The highest BCUT2D eigenvalue weighted by Crippen LogP contribution is 2.24. The average molecular weight is 418 g/mol. The average Bonchev–Trinajstić information content (AvgIpc) is 2.67. The molecule has 0 heterocycles. The molecule has 0 radical (unpaired) electrons. The largest absolute Gasteiger partial charge is 0.478 e. The summed E-state index contributed by atoms with van der Waals surface area (Å²) in [5.74, 6) is -1.67. The number of nitrogens with two attached hydrogens (primary N) is 1. The molecule has 0 spiro atoms. The number of carboxylic acid groups (broad SMARTS) is 1. The summed E-state index contributed by atoms with van der Waals surface area (Å²) in [5.41, 5.74) is 6.54. The van der Waals surface area contributed by atoms with E-state index < -0.39 is 23.5 Å². The molecule has 1 aromatic rings. The van der Waals surface area contributed by atoms with Gasteiger partial charge < -0.3 is 21.1 Å². The van der Waals surface area contributed by atoms with Gasteiger partial charge in [0.1, 0.15) is 6.04 Å². The first-order chi connectivity index (χ1) is 13.8. The van der Waals surface area contributed by atoms with Crippen LogP contribution in [0.3, 0.4) is 0 Å². The van der Waals surface area contributed by atoms with E-state index in [0.29, 0.717) is 12.1 Å². The summed E-state index contributed by atoms with van der Waals surface area (Å²) < 4.78 is 0. The molecule has 0 unspecified atom stereocenters. The number of aliphatic carboxylic acids is 1. The number of carbonyl (C=O) groups excluding carboxylic acids is 2. The minimum atomic E-state index is -1.03. The normalized spacial score (nSPS) is 14.2. The lowest BCUT2D eigenvalue weighted by atomic mass is 9.85. The fraction of sp³-hybridized carbons (Fsp3) is 0.522. The number of nitrogens with one attached hydrogen (secondary N) is 1. The van der Waals surface area contributed by atoms with Crippen molar-refractivity contribution in [1.82, 2.24) is 10.2 Å². The van der Waals surface area contributed by atoms with Gasteiger partial charge in [0.25, 0.3) is 5.91 Å². The van der Waals surface area contributed by atoms with Crippen molar-refractivity contribution in [2.75, 3.05) is 7.05 Å². The molecule has 0 bridgehead atoms. The molecule has 7 heteroatoms. The Balaban J connectivity index is 3.20. The Bertz CT molecular complexity index is 809. The fourth-order valence-electron chi connectivity index (χ4n) is 3.13. The van der Waals surface area contributed by atoms with Crippen LogP contribution < -0.4 is 11.1 Å². The lowest BCUT2D eigenvalue weighted by Crippen LogP contribution is -2.56. The Hall–Kier alpha value is -2.67. The molecule has 2 atom stereocenters. The maximum absolute atomic E-state index is 13.4.